The standard InChI is InChI=1S/Cu.Fe.Mn.Ti.Zn. The Bertz CT molecular complexity index is 11.6. The van der Waals surface area contributed by atoms with Crippen LogP contribution in [0.25, 0.3) is 0 Å². The molecule has 0 N–H and O–H groups in total. The first-order chi connectivity index (χ1) is 0. The zero-order chi connectivity index (χ0) is 0. The van der Waals surface area contributed by atoms with E-state index in [2.05, 4.69) is 0 Å². The van der Waals surface area contributed by atoms with E-state index in [1.165, 1.54) is 0 Å². The zero-order valence-electron chi connectivity index (χ0n) is 2.24. The van der Waals surface area contributed by atoms with Gasteiger partial charge in [0.1, 0.15) is 0 Å². The zero-order valence-corrected chi connectivity index (χ0v) is 10.00. The molecule has 0 saturated carbocycles. The maximum atomic E-state index is 0. The maximum Gasteiger partial charge on any atom is 0 e. The molecule has 5 heavy (non-hydrogen) atoms. The third-order valence-electron chi connectivity index (χ3n) is 0. The van der Waals surface area contributed by atoms with Crippen LogP contribution in [0, 0.1) is 0 Å². The minimum atomic E-state index is 0. The van der Waals surface area contributed by atoms with Gasteiger partial charge in [0.25, 0.3) is 0 Å². The molecule has 0 rings (SSSR count). The molecule has 0 saturated heterocycles. The van der Waals surface area contributed by atoms with Crippen LogP contribution in [0.3, 0.4) is 0 Å². The number of hydrogen-bond acceptors (Lipinski definition) is 0. The molecule has 0 aromatic carbocycles. The first-order valence-electron chi connectivity index (χ1n) is 0. The molecule has 0 fully saturated rings. The molecule has 0 aliphatic rings. The van der Waals surface area contributed by atoms with Crippen molar-refractivity contribution in [1.82, 2.24) is 0 Å². The van der Waals surface area contributed by atoms with Crippen LogP contribution in [0.5, 0.6) is 0 Å². The molecule has 5 heteroatoms. The minimum absolute atomic E-state index is 0. The molecule has 0 nitrogen and oxygen atoms in total. The van der Waals surface area contributed by atoms with Gasteiger partial charge >= 0.3 is 0 Å². The molecule has 0 aliphatic heterocycles. The Hall–Kier alpha value is 2.90. The fraction of sp³-hybridized carbons (Fsp3) is 0. The van der Waals surface area contributed by atoms with Crippen molar-refractivity contribution in [2.75, 3.05) is 0 Å². The smallest absolute Gasteiger partial charge is 0 e. The Morgan fingerprint density at radius 3 is 1.00 bits per heavy atom. The summed E-state index contributed by atoms with van der Waals surface area (Å²) in [6, 6.07) is 0. The van der Waals surface area contributed by atoms with Gasteiger partial charge in [-0.25, -0.2) is 0 Å². The van der Waals surface area contributed by atoms with Crippen molar-refractivity contribution >= 4 is 0 Å². The van der Waals surface area contributed by atoms with Crippen LogP contribution in [0.1, 0.15) is 0 Å². The summed E-state index contributed by atoms with van der Waals surface area (Å²) in [5.74, 6) is 0. The third kappa shape index (κ3) is 19.7. The van der Waals surface area contributed by atoms with E-state index < -0.39 is 0 Å². The molecule has 0 aliphatic carbocycles. The van der Waals surface area contributed by atoms with Crippen molar-refractivity contribution in [3.8, 4) is 0 Å². The van der Waals surface area contributed by atoms with E-state index in [-0.39, 0.29) is 92.4 Å². The third-order valence-corrected chi connectivity index (χ3v) is 0. The summed E-state index contributed by atoms with van der Waals surface area (Å²) in [7, 11) is 0. The van der Waals surface area contributed by atoms with Gasteiger partial charge in [-0.2, -0.15) is 0 Å². The van der Waals surface area contributed by atoms with Gasteiger partial charge in [0, 0.05) is 92.4 Å². The summed E-state index contributed by atoms with van der Waals surface area (Å²) in [4.78, 5) is 0. The van der Waals surface area contributed by atoms with Gasteiger partial charge in [-0.05, 0) is 0 Å². The van der Waals surface area contributed by atoms with E-state index in [0.29, 0.717) is 0 Å². The molecule has 0 aromatic rings. The maximum absolute atomic E-state index is 0. The molecule has 0 heterocycles. The van der Waals surface area contributed by atoms with Gasteiger partial charge < -0.3 is 0 Å². The van der Waals surface area contributed by atoms with Crippen LogP contribution in [0.15, 0.2) is 0 Å². The van der Waals surface area contributed by atoms with Crippen LogP contribution in [-0.2, 0) is 92.4 Å². The normalized spacial score (nSPS) is 0. The molecule has 0 spiro atoms. The van der Waals surface area contributed by atoms with Crippen molar-refractivity contribution in [2.45, 2.75) is 0 Å². The van der Waals surface area contributed by atoms with Gasteiger partial charge in [-0.15, -0.1) is 0 Å². The predicted molar refractivity (Wildman–Crippen MR) is 0 cm³/mol. The number of hydrogen-bond donors (Lipinski definition) is 0. The van der Waals surface area contributed by atoms with Crippen molar-refractivity contribution in [1.29, 1.82) is 0 Å². The second-order valence-corrected chi connectivity index (χ2v) is 0. The van der Waals surface area contributed by atoms with Gasteiger partial charge in [0.2, 0.25) is 0 Å². The van der Waals surface area contributed by atoms with Gasteiger partial charge in [0.05, 0.1) is 0 Å². The van der Waals surface area contributed by atoms with Gasteiger partial charge in [0.15, 0.2) is 0 Å². The van der Waals surface area contributed by atoms with E-state index in [1.807, 2.05) is 0 Å². The van der Waals surface area contributed by atoms with Crippen LogP contribution in [0.4, 0.5) is 0 Å². The topological polar surface area (TPSA) is 0 Å². The van der Waals surface area contributed by atoms with E-state index in [9.17, 15) is 0 Å². The second-order valence-electron chi connectivity index (χ2n) is 0. The summed E-state index contributed by atoms with van der Waals surface area (Å²) < 4.78 is 0. The van der Waals surface area contributed by atoms with Crippen LogP contribution in [0.2, 0.25) is 0 Å². The first-order valence-corrected chi connectivity index (χ1v) is 0. The molecule has 2 radical (unpaired) electrons. The Balaban J connectivity index is 0. The van der Waals surface area contributed by atoms with E-state index >= 15 is 0 Å². The van der Waals surface area contributed by atoms with Gasteiger partial charge in [-0.3, -0.25) is 0 Å². The Morgan fingerprint density at radius 2 is 1.00 bits per heavy atom. The monoisotopic (exact) mass is 286 g/mol. The van der Waals surface area contributed by atoms with E-state index in [1.54, 1.807) is 0 Å². The van der Waals surface area contributed by atoms with E-state index in [4.69, 9.17) is 0 Å². The Kier molecular flexibility index (Phi) is 256. The van der Waals surface area contributed by atoms with Crippen molar-refractivity contribution in [3.63, 3.8) is 0 Å². The van der Waals surface area contributed by atoms with Crippen molar-refractivity contribution in [2.24, 2.45) is 0 Å². The van der Waals surface area contributed by atoms with Gasteiger partial charge in [-0.1, -0.05) is 0 Å². The minimum Gasteiger partial charge on any atom is 0 e. The predicted octanol–water partition coefficient (Wildman–Crippen LogP) is -0.0125. The van der Waals surface area contributed by atoms with Crippen molar-refractivity contribution < 1.29 is 92.4 Å². The largest absolute Gasteiger partial charge is 0 e. The fourth-order valence-electron chi connectivity index (χ4n) is 0. The van der Waals surface area contributed by atoms with Crippen LogP contribution in [-0.4, -0.2) is 0 Å². The fourth-order valence-corrected chi connectivity index (χ4v) is 0. The van der Waals surface area contributed by atoms with Crippen LogP contribution >= 0.6 is 0 Å². The molecule has 0 aromatic heterocycles. The second kappa shape index (κ2) is 28.6. The first kappa shape index (κ1) is 44.8. The summed E-state index contributed by atoms with van der Waals surface area (Å²) in [5.41, 5.74) is 0. The summed E-state index contributed by atoms with van der Waals surface area (Å²) in [6.07, 6.45) is 0. The average molecular weight is 288 g/mol. The summed E-state index contributed by atoms with van der Waals surface area (Å²) in [5, 5.41) is 0. The van der Waals surface area contributed by atoms with E-state index in [0.717, 1.165) is 0 Å². The molecule has 0 unspecified atom stereocenters. The molecule has 0 bridgehead atoms. The molecule has 0 atom stereocenters. The molecular weight excluding hydrogens is 288 g/mol. The molecule has 32 valence electrons. The number of rotatable bonds is 0. The average Bonchev–Trinajstić information content (AvgIpc) is 0. The molecule has 0 amide bonds. The Morgan fingerprint density at radius 1 is 1.00 bits per heavy atom. The molecular formula is CuFeMnTiZn. The quantitative estimate of drug-likeness (QED) is 0.550. The SMILES string of the molecule is [Cu].[Fe].[Mn].[Ti].[Zn]. The van der Waals surface area contributed by atoms with Crippen molar-refractivity contribution in [3.05, 3.63) is 0 Å². The van der Waals surface area contributed by atoms with Crippen LogP contribution < -0.4 is 0 Å². The summed E-state index contributed by atoms with van der Waals surface area (Å²) >= 11 is 0. The summed E-state index contributed by atoms with van der Waals surface area (Å²) in [6.45, 7) is 0. The Labute approximate surface area is 91.0 Å².